The summed E-state index contributed by atoms with van der Waals surface area (Å²) in [6, 6.07) is 6.93. The first-order chi connectivity index (χ1) is 8.13. The van der Waals surface area contributed by atoms with Crippen LogP contribution in [0.5, 0.6) is 10.9 Å². The predicted octanol–water partition coefficient (Wildman–Crippen LogP) is 2.27. The number of rotatable bonds is 4. The largest absolute Gasteiger partial charge is 0.481 e. The number of carbonyl (C=O) groups is 1. The van der Waals surface area contributed by atoms with Crippen molar-refractivity contribution in [3.8, 4) is 10.9 Å². The van der Waals surface area contributed by atoms with E-state index >= 15 is 0 Å². The zero-order chi connectivity index (χ0) is 12.3. The van der Waals surface area contributed by atoms with Crippen LogP contribution in [0.25, 0.3) is 0 Å². The summed E-state index contributed by atoms with van der Waals surface area (Å²) in [6.07, 6.45) is -0.0215. The molecule has 0 aliphatic heterocycles. The molecule has 1 heterocycles. The van der Waals surface area contributed by atoms with Gasteiger partial charge in [0.2, 0.25) is 0 Å². The van der Waals surface area contributed by atoms with Gasteiger partial charge < -0.3 is 9.84 Å². The Bertz CT molecular complexity index is 539. The smallest absolute Gasteiger partial charge is 0.307 e. The highest BCUT2D eigenvalue weighted by Crippen LogP contribution is 2.25. The molecule has 0 atom stereocenters. The van der Waals surface area contributed by atoms with Gasteiger partial charge in [-0.3, -0.25) is 4.79 Å². The van der Waals surface area contributed by atoms with Crippen LogP contribution in [-0.2, 0) is 11.2 Å². The van der Waals surface area contributed by atoms with Gasteiger partial charge in [-0.05, 0) is 24.6 Å². The quantitative estimate of drug-likeness (QED) is 0.901. The lowest BCUT2D eigenvalue weighted by Crippen LogP contribution is -1.99. The maximum atomic E-state index is 10.6. The fraction of sp³-hybridized carbons (Fsp3) is 0.182. The number of aliphatic carboxylic acids is 1. The molecule has 0 spiro atoms. The fourth-order valence-electron chi connectivity index (χ4n) is 1.31. The van der Waals surface area contributed by atoms with Crippen LogP contribution in [0.3, 0.4) is 0 Å². The van der Waals surface area contributed by atoms with Crippen LogP contribution >= 0.6 is 11.3 Å². The van der Waals surface area contributed by atoms with E-state index < -0.39 is 5.97 Å². The average molecular weight is 250 g/mol. The molecule has 0 saturated heterocycles. The van der Waals surface area contributed by atoms with Crippen LogP contribution in [0.4, 0.5) is 0 Å². The summed E-state index contributed by atoms with van der Waals surface area (Å²) in [5.41, 5.74) is 0.691. The highest BCUT2D eigenvalue weighted by Gasteiger charge is 2.05. The lowest BCUT2D eigenvalue weighted by Gasteiger charge is -2.02. The van der Waals surface area contributed by atoms with Crippen LogP contribution in [0, 0.1) is 6.92 Å². The van der Waals surface area contributed by atoms with Crippen LogP contribution in [-0.4, -0.2) is 21.3 Å². The van der Waals surface area contributed by atoms with Crippen LogP contribution in [0.15, 0.2) is 24.3 Å². The molecule has 17 heavy (non-hydrogen) atoms. The molecular formula is C11H10N2O3S. The monoisotopic (exact) mass is 250 g/mol. The van der Waals surface area contributed by atoms with Crippen molar-refractivity contribution in [1.29, 1.82) is 0 Å². The topological polar surface area (TPSA) is 72.3 Å². The highest BCUT2D eigenvalue weighted by molar-refractivity contribution is 7.13. The second-order valence-electron chi connectivity index (χ2n) is 3.41. The molecule has 0 unspecified atom stereocenters. The SMILES string of the molecule is Cc1nnc(Oc2cccc(CC(=O)O)c2)s1. The van der Waals surface area contributed by atoms with Gasteiger partial charge in [0.25, 0.3) is 5.19 Å². The first-order valence-corrected chi connectivity index (χ1v) is 5.74. The summed E-state index contributed by atoms with van der Waals surface area (Å²) < 4.78 is 5.47. The number of aryl methyl sites for hydroxylation is 1. The minimum Gasteiger partial charge on any atom is -0.481 e. The molecule has 1 aromatic carbocycles. The zero-order valence-corrected chi connectivity index (χ0v) is 9.90. The Morgan fingerprint density at radius 3 is 2.94 bits per heavy atom. The van der Waals surface area contributed by atoms with Crippen molar-refractivity contribution in [2.45, 2.75) is 13.3 Å². The lowest BCUT2D eigenvalue weighted by atomic mass is 10.1. The number of carboxylic acid groups (broad SMARTS) is 1. The summed E-state index contributed by atoms with van der Waals surface area (Å²) in [7, 11) is 0. The predicted molar refractivity (Wildman–Crippen MR) is 62.5 cm³/mol. The number of hydrogen-bond acceptors (Lipinski definition) is 5. The van der Waals surface area contributed by atoms with Crippen molar-refractivity contribution >= 4 is 17.3 Å². The molecule has 1 N–H and O–H groups in total. The minimum absolute atomic E-state index is 0.0215. The Kier molecular flexibility index (Phi) is 3.34. The summed E-state index contributed by atoms with van der Waals surface area (Å²) >= 11 is 1.34. The Hall–Kier alpha value is -1.95. The number of carboxylic acids is 1. The molecule has 0 fully saturated rings. The summed E-state index contributed by atoms with van der Waals surface area (Å²) in [5, 5.41) is 17.6. The number of nitrogens with zero attached hydrogens (tertiary/aromatic N) is 2. The van der Waals surface area contributed by atoms with Gasteiger partial charge in [0.1, 0.15) is 10.8 Å². The lowest BCUT2D eigenvalue weighted by molar-refractivity contribution is -0.136. The van der Waals surface area contributed by atoms with Gasteiger partial charge >= 0.3 is 5.97 Å². The molecule has 88 valence electrons. The van der Waals surface area contributed by atoms with E-state index in [-0.39, 0.29) is 6.42 Å². The van der Waals surface area contributed by atoms with E-state index in [0.717, 1.165) is 5.01 Å². The number of hydrogen-bond donors (Lipinski definition) is 1. The molecule has 0 bridgehead atoms. The molecule has 0 aliphatic carbocycles. The van der Waals surface area contributed by atoms with E-state index in [0.29, 0.717) is 16.5 Å². The molecule has 2 rings (SSSR count). The van der Waals surface area contributed by atoms with Crippen molar-refractivity contribution in [3.05, 3.63) is 34.8 Å². The van der Waals surface area contributed by atoms with Crippen molar-refractivity contribution in [2.75, 3.05) is 0 Å². The second kappa shape index (κ2) is 4.92. The van der Waals surface area contributed by atoms with Gasteiger partial charge in [-0.25, -0.2) is 0 Å². The minimum atomic E-state index is -0.867. The molecule has 0 radical (unpaired) electrons. The van der Waals surface area contributed by atoms with E-state index in [9.17, 15) is 4.79 Å². The van der Waals surface area contributed by atoms with Crippen molar-refractivity contribution in [3.63, 3.8) is 0 Å². The van der Waals surface area contributed by atoms with E-state index in [2.05, 4.69) is 10.2 Å². The third-order valence-corrected chi connectivity index (χ3v) is 2.68. The Morgan fingerprint density at radius 1 is 1.47 bits per heavy atom. The van der Waals surface area contributed by atoms with Crippen LogP contribution in [0.1, 0.15) is 10.6 Å². The Balaban J connectivity index is 2.13. The van der Waals surface area contributed by atoms with E-state index in [1.165, 1.54) is 11.3 Å². The van der Waals surface area contributed by atoms with Gasteiger partial charge in [-0.1, -0.05) is 28.6 Å². The number of aromatic nitrogens is 2. The van der Waals surface area contributed by atoms with Gasteiger partial charge in [0.05, 0.1) is 6.42 Å². The molecule has 5 nitrogen and oxygen atoms in total. The van der Waals surface area contributed by atoms with Gasteiger partial charge in [0, 0.05) is 0 Å². The normalized spacial score (nSPS) is 10.2. The first kappa shape index (κ1) is 11.5. The van der Waals surface area contributed by atoms with Gasteiger partial charge in [-0.15, -0.1) is 5.10 Å². The third-order valence-electron chi connectivity index (χ3n) is 1.97. The van der Waals surface area contributed by atoms with Crippen molar-refractivity contribution in [1.82, 2.24) is 10.2 Å². The Labute approximate surface area is 102 Å². The summed E-state index contributed by atoms with van der Waals surface area (Å²) in [4.78, 5) is 10.6. The van der Waals surface area contributed by atoms with Crippen LogP contribution in [0.2, 0.25) is 0 Å². The molecule has 6 heteroatoms. The molecule has 2 aromatic rings. The van der Waals surface area contributed by atoms with Crippen molar-refractivity contribution in [2.24, 2.45) is 0 Å². The van der Waals surface area contributed by atoms with E-state index in [1.54, 1.807) is 24.3 Å². The molecule has 1 aromatic heterocycles. The van der Waals surface area contributed by atoms with E-state index in [1.807, 2.05) is 6.92 Å². The fourth-order valence-corrected chi connectivity index (χ4v) is 1.87. The Morgan fingerprint density at radius 2 is 2.29 bits per heavy atom. The average Bonchev–Trinajstić information content (AvgIpc) is 2.63. The first-order valence-electron chi connectivity index (χ1n) is 4.92. The highest BCUT2D eigenvalue weighted by atomic mass is 32.1. The van der Waals surface area contributed by atoms with Gasteiger partial charge in [-0.2, -0.15) is 0 Å². The molecular weight excluding hydrogens is 240 g/mol. The third kappa shape index (κ3) is 3.25. The van der Waals surface area contributed by atoms with Gasteiger partial charge in [0.15, 0.2) is 0 Å². The maximum Gasteiger partial charge on any atom is 0.307 e. The summed E-state index contributed by atoms with van der Waals surface area (Å²) in [5.74, 6) is -0.297. The molecule has 0 amide bonds. The molecule has 0 saturated carbocycles. The standard InChI is InChI=1S/C11H10N2O3S/c1-7-12-13-11(17-7)16-9-4-2-3-8(5-9)6-10(14)15/h2-5H,6H2,1H3,(H,14,15). The van der Waals surface area contributed by atoms with E-state index in [4.69, 9.17) is 9.84 Å². The van der Waals surface area contributed by atoms with Crippen molar-refractivity contribution < 1.29 is 14.6 Å². The maximum absolute atomic E-state index is 10.6. The summed E-state index contributed by atoms with van der Waals surface area (Å²) in [6.45, 7) is 1.84. The number of benzene rings is 1. The second-order valence-corrected chi connectivity index (χ2v) is 4.55. The molecule has 0 aliphatic rings. The van der Waals surface area contributed by atoms with Crippen LogP contribution < -0.4 is 4.74 Å². The zero-order valence-electron chi connectivity index (χ0n) is 9.08. The number of ether oxygens (including phenoxy) is 1.